The minimum absolute atomic E-state index is 0.00684. The molecular weight excluding hydrogens is 379 g/mol. The summed E-state index contributed by atoms with van der Waals surface area (Å²) in [4.78, 5) is 26.9. The lowest BCUT2D eigenvalue weighted by Crippen LogP contribution is -2.68. The van der Waals surface area contributed by atoms with E-state index >= 15 is 0 Å². The Morgan fingerprint density at radius 3 is 2.43 bits per heavy atom. The van der Waals surface area contributed by atoms with Crippen LogP contribution in [0.15, 0.2) is 24.3 Å². The van der Waals surface area contributed by atoms with E-state index in [4.69, 9.17) is 0 Å². The molecule has 1 saturated carbocycles. The highest BCUT2D eigenvalue weighted by Crippen LogP contribution is 2.38. The molecule has 5 heteroatoms. The monoisotopic (exact) mass is 398 g/mol. The predicted molar refractivity (Wildman–Crippen MR) is 88.4 cm³/mol. The Kier molecular flexibility index (Phi) is 3.71. The average molecular weight is 398 g/mol. The smallest absolute Gasteiger partial charge is 0.248 e. The van der Waals surface area contributed by atoms with Crippen LogP contribution in [0.2, 0.25) is 0 Å². The molecule has 2 fully saturated rings. The Balaban J connectivity index is 1.88. The van der Waals surface area contributed by atoms with Crippen LogP contribution >= 0.6 is 22.6 Å². The minimum Gasteiger partial charge on any atom is -0.340 e. The molecule has 2 aliphatic rings. The first-order valence-electron chi connectivity index (χ1n) is 7.26. The molecule has 0 aromatic heterocycles. The predicted octanol–water partition coefficient (Wildman–Crippen LogP) is 2.31. The largest absolute Gasteiger partial charge is 0.340 e. The maximum atomic E-state index is 12.7. The maximum Gasteiger partial charge on any atom is 0.248 e. The van der Waals surface area contributed by atoms with Crippen molar-refractivity contribution >= 4 is 34.4 Å². The van der Waals surface area contributed by atoms with Crippen LogP contribution in [0.3, 0.4) is 0 Å². The van der Waals surface area contributed by atoms with E-state index in [1.54, 1.807) is 18.7 Å². The third-order valence-corrected chi connectivity index (χ3v) is 4.89. The minimum atomic E-state index is -0.814. The van der Waals surface area contributed by atoms with Gasteiger partial charge in [-0.05, 0) is 72.9 Å². The van der Waals surface area contributed by atoms with Gasteiger partial charge in [0.1, 0.15) is 11.6 Å². The number of hydrogen-bond donors (Lipinski definition) is 1. The van der Waals surface area contributed by atoms with Gasteiger partial charge in [0.05, 0.1) is 0 Å². The number of benzene rings is 1. The first-order chi connectivity index (χ1) is 9.88. The number of halogens is 1. The number of carbonyl (C=O) groups excluding carboxylic acids is 2. The van der Waals surface area contributed by atoms with E-state index in [-0.39, 0.29) is 17.9 Å². The number of carbonyl (C=O) groups is 2. The second kappa shape index (κ2) is 5.26. The lowest BCUT2D eigenvalue weighted by Gasteiger charge is -2.43. The van der Waals surface area contributed by atoms with Gasteiger partial charge < -0.3 is 10.2 Å². The first-order valence-corrected chi connectivity index (χ1v) is 8.34. The van der Waals surface area contributed by atoms with Crippen molar-refractivity contribution in [1.29, 1.82) is 0 Å². The summed E-state index contributed by atoms with van der Waals surface area (Å²) in [6, 6.07) is 7.81. The van der Waals surface area contributed by atoms with E-state index in [2.05, 4.69) is 27.9 Å². The fraction of sp³-hybridized carbons (Fsp3) is 0.500. The summed E-state index contributed by atoms with van der Waals surface area (Å²) in [6.07, 6.45) is 2.07. The van der Waals surface area contributed by atoms with Gasteiger partial charge in [-0.1, -0.05) is 12.1 Å². The van der Waals surface area contributed by atoms with Gasteiger partial charge in [0, 0.05) is 10.1 Å². The third kappa shape index (κ3) is 2.93. The molecule has 1 aromatic rings. The van der Waals surface area contributed by atoms with Crippen LogP contribution in [0.1, 0.15) is 32.3 Å². The number of nitrogens with one attached hydrogen (secondary N) is 1. The van der Waals surface area contributed by atoms with E-state index in [1.807, 2.05) is 24.3 Å². The topological polar surface area (TPSA) is 49.4 Å². The van der Waals surface area contributed by atoms with Gasteiger partial charge in [0.2, 0.25) is 11.8 Å². The molecule has 1 saturated heterocycles. The molecule has 1 heterocycles. The summed E-state index contributed by atoms with van der Waals surface area (Å²) in [7, 11) is 0. The maximum absolute atomic E-state index is 12.7. The van der Waals surface area contributed by atoms with Crippen LogP contribution in [-0.4, -0.2) is 28.3 Å². The molecule has 21 heavy (non-hydrogen) atoms. The standard InChI is InChI=1S/C16H19IN2O2/c1-16(2)15(21)19(9-10-3-7-12(17)8-4-10)13(11-5-6-11)14(20)18-16/h3-4,7-8,11,13H,5-6,9H2,1-2H3,(H,18,20). The van der Waals surface area contributed by atoms with Gasteiger partial charge in [-0.2, -0.15) is 0 Å². The van der Waals surface area contributed by atoms with E-state index in [9.17, 15) is 9.59 Å². The van der Waals surface area contributed by atoms with Crippen molar-refractivity contribution in [3.63, 3.8) is 0 Å². The Morgan fingerprint density at radius 1 is 1.24 bits per heavy atom. The van der Waals surface area contributed by atoms with E-state index in [1.165, 1.54) is 0 Å². The molecule has 1 aliphatic carbocycles. The molecule has 2 amide bonds. The molecular formula is C16H19IN2O2. The lowest BCUT2D eigenvalue weighted by atomic mass is 9.94. The van der Waals surface area contributed by atoms with Crippen LogP contribution in [0, 0.1) is 9.49 Å². The zero-order chi connectivity index (χ0) is 15.2. The van der Waals surface area contributed by atoms with Crippen molar-refractivity contribution in [2.75, 3.05) is 0 Å². The van der Waals surface area contributed by atoms with E-state index < -0.39 is 5.54 Å². The summed E-state index contributed by atoms with van der Waals surface area (Å²) in [6.45, 7) is 4.06. The lowest BCUT2D eigenvalue weighted by molar-refractivity contribution is -0.155. The van der Waals surface area contributed by atoms with Gasteiger partial charge in [0.15, 0.2) is 0 Å². The van der Waals surface area contributed by atoms with Crippen molar-refractivity contribution < 1.29 is 9.59 Å². The number of nitrogens with zero attached hydrogens (tertiary/aromatic N) is 1. The van der Waals surface area contributed by atoms with Crippen molar-refractivity contribution in [3.8, 4) is 0 Å². The van der Waals surface area contributed by atoms with Gasteiger partial charge in [-0.25, -0.2) is 0 Å². The van der Waals surface area contributed by atoms with Gasteiger partial charge in [0.25, 0.3) is 0 Å². The molecule has 1 N–H and O–H groups in total. The molecule has 1 atom stereocenters. The van der Waals surface area contributed by atoms with Crippen molar-refractivity contribution in [1.82, 2.24) is 10.2 Å². The number of rotatable bonds is 3. The summed E-state index contributed by atoms with van der Waals surface area (Å²) >= 11 is 2.26. The molecule has 1 aromatic carbocycles. The second-order valence-corrected chi connectivity index (χ2v) is 7.70. The molecule has 1 aliphatic heterocycles. The summed E-state index contributed by atoms with van der Waals surface area (Å²) in [5, 5.41) is 2.87. The van der Waals surface area contributed by atoms with E-state index in [0.29, 0.717) is 12.5 Å². The van der Waals surface area contributed by atoms with Gasteiger partial charge >= 0.3 is 0 Å². The number of hydrogen-bond acceptors (Lipinski definition) is 2. The number of amides is 2. The fourth-order valence-corrected chi connectivity index (χ4v) is 3.26. The first kappa shape index (κ1) is 14.8. The highest BCUT2D eigenvalue weighted by molar-refractivity contribution is 14.1. The Bertz CT molecular complexity index is 578. The molecule has 4 nitrogen and oxygen atoms in total. The van der Waals surface area contributed by atoms with Crippen LogP contribution in [0.4, 0.5) is 0 Å². The third-order valence-electron chi connectivity index (χ3n) is 4.17. The molecule has 0 spiro atoms. The van der Waals surface area contributed by atoms with Crippen LogP contribution in [-0.2, 0) is 16.1 Å². The van der Waals surface area contributed by atoms with Gasteiger partial charge in [-0.15, -0.1) is 0 Å². The molecule has 1 unspecified atom stereocenters. The summed E-state index contributed by atoms with van der Waals surface area (Å²) in [5.74, 6) is 0.332. The Labute approximate surface area is 138 Å². The van der Waals surface area contributed by atoms with Crippen LogP contribution in [0.25, 0.3) is 0 Å². The normalized spacial score (nSPS) is 24.9. The van der Waals surface area contributed by atoms with Crippen molar-refractivity contribution in [2.45, 2.75) is 44.8 Å². The van der Waals surface area contributed by atoms with E-state index in [0.717, 1.165) is 22.0 Å². The fourth-order valence-electron chi connectivity index (χ4n) is 2.90. The van der Waals surface area contributed by atoms with Crippen molar-refractivity contribution in [2.24, 2.45) is 5.92 Å². The molecule has 112 valence electrons. The van der Waals surface area contributed by atoms with Crippen LogP contribution in [0.5, 0.6) is 0 Å². The Morgan fingerprint density at radius 2 is 1.86 bits per heavy atom. The van der Waals surface area contributed by atoms with Crippen LogP contribution < -0.4 is 5.32 Å². The zero-order valence-corrected chi connectivity index (χ0v) is 14.4. The SMILES string of the molecule is CC1(C)NC(=O)C(C2CC2)N(Cc2ccc(I)cc2)C1=O. The quantitative estimate of drug-likeness (QED) is 0.795. The summed E-state index contributed by atoms with van der Waals surface area (Å²) < 4.78 is 1.16. The Hall–Kier alpha value is -1.11. The van der Waals surface area contributed by atoms with Gasteiger partial charge in [-0.3, -0.25) is 9.59 Å². The second-order valence-electron chi connectivity index (χ2n) is 6.46. The number of piperazine rings is 1. The molecule has 0 bridgehead atoms. The van der Waals surface area contributed by atoms with Crippen molar-refractivity contribution in [3.05, 3.63) is 33.4 Å². The summed E-state index contributed by atoms with van der Waals surface area (Å²) in [5.41, 5.74) is 0.256. The highest BCUT2D eigenvalue weighted by atomic mass is 127. The highest BCUT2D eigenvalue weighted by Gasteiger charge is 2.50. The average Bonchev–Trinajstić information content (AvgIpc) is 3.22. The zero-order valence-electron chi connectivity index (χ0n) is 12.2. The molecule has 0 radical (unpaired) electrons. The molecule has 3 rings (SSSR count).